The molecule has 0 spiro atoms. The minimum absolute atomic E-state index is 0.0238. The predicted octanol–water partition coefficient (Wildman–Crippen LogP) is 3.92. The number of thiazole rings is 1. The zero-order valence-corrected chi connectivity index (χ0v) is 19.0. The Hall–Kier alpha value is -2.49. The van der Waals surface area contributed by atoms with Gasteiger partial charge in [0.15, 0.2) is 15.0 Å². The van der Waals surface area contributed by atoms with Gasteiger partial charge in [0.1, 0.15) is 5.75 Å². The Labute approximate surface area is 185 Å². The summed E-state index contributed by atoms with van der Waals surface area (Å²) >= 11 is 1.41. The molecule has 2 aromatic carbocycles. The molecule has 0 bridgehead atoms. The number of rotatable bonds is 7. The van der Waals surface area contributed by atoms with Crippen molar-refractivity contribution in [1.29, 1.82) is 0 Å². The van der Waals surface area contributed by atoms with Crippen molar-refractivity contribution in [2.45, 2.75) is 30.8 Å². The third-order valence-electron chi connectivity index (χ3n) is 5.29. The highest BCUT2D eigenvalue weighted by Crippen LogP contribution is 2.33. The van der Waals surface area contributed by atoms with Gasteiger partial charge in [-0.25, -0.2) is 13.4 Å². The fourth-order valence-corrected chi connectivity index (χ4v) is 5.40. The monoisotopic (exact) mass is 460 g/mol. The van der Waals surface area contributed by atoms with E-state index in [0.717, 1.165) is 23.1 Å². The van der Waals surface area contributed by atoms with Gasteiger partial charge in [0.05, 0.1) is 40.6 Å². The van der Waals surface area contributed by atoms with E-state index in [4.69, 9.17) is 9.47 Å². The van der Waals surface area contributed by atoms with Crippen LogP contribution in [0.15, 0.2) is 47.4 Å². The second-order valence-corrected chi connectivity index (χ2v) is 10.6. The summed E-state index contributed by atoms with van der Waals surface area (Å²) in [6, 6.07) is 11.8. The molecule has 0 N–H and O–H groups in total. The number of carbonyl (C=O) groups is 1. The van der Waals surface area contributed by atoms with E-state index in [-0.39, 0.29) is 22.7 Å². The van der Waals surface area contributed by atoms with Crippen LogP contribution in [0.4, 0.5) is 5.13 Å². The highest BCUT2D eigenvalue weighted by atomic mass is 32.2. The first-order chi connectivity index (χ1) is 14.9. The molecule has 1 aliphatic heterocycles. The lowest BCUT2D eigenvalue weighted by atomic mass is 10.2. The Bertz CT molecular complexity index is 1200. The standard InChI is InChI=1S/C22H24N2O5S2/c1-3-31(26,27)18-8-4-6-15(12-18)21(25)24(14-17-7-5-11-29-17)22-23-19-13-16(28-2)9-10-20(19)30-22/h4,6,8-10,12-13,17H,3,5,7,11,14H2,1-2H3. The van der Waals surface area contributed by atoms with Crippen LogP contribution >= 0.6 is 11.3 Å². The Morgan fingerprint density at radius 2 is 2.13 bits per heavy atom. The van der Waals surface area contributed by atoms with E-state index >= 15 is 0 Å². The number of nitrogens with zero attached hydrogens (tertiary/aromatic N) is 2. The van der Waals surface area contributed by atoms with Crippen LogP contribution in [0.1, 0.15) is 30.1 Å². The molecule has 164 valence electrons. The Kier molecular flexibility index (Phi) is 6.27. The number of benzene rings is 2. The number of amides is 1. The largest absolute Gasteiger partial charge is 0.497 e. The van der Waals surface area contributed by atoms with Crippen molar-refractivity contribution in [2.24, 2.45) is 0 Å². The average Bonchev–Trinajstić information content (AvgIpc) is 3.46. The summed E-state index contributed by atoms with van der Waals surface area (Å²) in [5.41, 5.74) is 1.05. The Balaban J connectivity index is 1.73. The molecule has 1 saturated heterocycles. The molecule has 1 amide bonds. The lowest BCUT2D eigenvalue weighted by Gasteiger charge is -2.23. The summed E-state index contributed by atoms with van der Waals surface area (Å²) in [5, 5.41) is 0.549. The summed E-state index contributed by atoms with van der Waals surface area (Å²) in [6.45, 7) is 2.62. The van der Waals surface area contributed by atoms with E-state index in [1.165, 1.54) is 23.5 Å². The molecular formula is C22H24N2O5S2. The molecule has 3 aromatic rings. The topological polar surface area (TPSA) is 85.8 Å². The van der Waals surface area contributed by atoms with Crippen LogP contribution in [-0.2, 0) is 14.6 Å². The predicted molar refractivity (Wildman–Crippen MR) is 121 cm³/mol. The third-order valence-corrected chi connectivity index (χ3v) is 8.08. The SMILES string of the molecule is CCS(=O)(=O)c1cccc(C(=O)N(CC2CCCO2)c2nc3cc(OC)ccc3s2)c1. The van der Waals surface area contributed by atoms with Crippen molar-refractivity contribution in [3.05, 3.63) is 48.0 Å². The molecule has 7 nitrogen and oxygen atoms in total. The van der Waals surface area contributed by atoms with Crippen molar-refractivity contribution >= 4 is 42.4 Å². The Morgan fingerprint density at radius 1 is 1.29 bits per heavy atom. The van der Waals surface area contributed by atoms with Gasteiger partial charge in [0.2, 0.25) is 0 Å². The number of anilines is 1. The molecule has 1 atom stereocenters. The summed E-state index contributed by atoms with van der Waals surface area (Å²) in [6.07, 6.45) is 1.74. The van der Waals surface area contributed by atoms with Crippen molar-refractivity contribution in [3.63, 3.8) is 0 Å². The molecule has 0 saturated carbocycles. The zero-order chi connectivity index (χ0) is 22.0. The molecule has 4 rings (SSSR count). The van der Waals surface area contributed by atoms with E-state index < -0.39 is 9.84 Å². The lowest BCUT2D eigenvalue weighted by Crippen LogP contribution is -2.37. The van der Waals surface area contributed by atoms with Crippen molar-refractivity contribution in [3.8, 4) is 5.75 Å². The molecule has 31 heavy (non-hydrogen) atoms. The van der Waals surface area contributed by atoms with Gasteiger partial charge < -0.3 is 9.47 Å². The number of hydrogen-bond acceptors (Lipinski definition) is 7. The van der Waals surface area contributed by atoms with Gasteiger partial charge in [-0.1, -0.05) is 24.3 Å². The van der Waals surface area contributed by atoms with Crippen LogP contribution in [0.2, 0.25) is 0 Å². The molecule has 1 unspecified atom stereocenters. The molecule has 1 aromatic heterocycles. The maximum atomic E-state index is 13.5. The first-order valence-electron chi connectivity index (χ1n) is 10.1. The van der Waals surface area contributed by atoms with Gasteiger partial charge in [0, 0.05) is 18.2 Å². The second-order valence-electron chi connectivity index (χ2n) is 7.31. The summed E-state index contributed by atoms with van der Waals surface area (Å²) < 4.78 is 36.6. The molecule has 0 aliphatic carbocycles. The minimum atomic E-state index is -3.42. The van der Waals surface area contributed by atoms with Gasteiger partial charge >= 0.3 is 0 Å². The smallest absolute Gasteiger partial charge is 0.260 e. The molecular weight excluding hydrogens is 436 g/mol. The van der Waals surface area contributed by atoms with Gasteiger partial charge in [-0.05, 0) is 43.2 Å². The molecule has 0 radical (unpaired) electrons. The number of ether oxygens (including phenoxy) is 2. The summed E-state index contributed by atoms with van der Waals surface area (Å²) in [7, 11) is -1.82. The fraction of sp³-hybridized carbons (Fsp3) is 0.364. The quantitative estimate of drug-likeness (QED) is 0.531. The van der Waals surface area contributed by atoms with Gasteiger partial charge in [-0.3, -0.25) is 9.69 Å². The number of fused-ring (bicyclic) bond motifs is 1. The fourth-order valence-electron chi connectivity index (χ4n) is 3.52. The van der Waals surface area contributed by atoms with Crippen molar-refractivity contribution in [1.82, 2.24) is 4.98 Å². The Morgan fingerprint density at radius 3 is 2.84 bits per heavy atom. The van der Waals surface area contributed by atoms with Crippen LogP contribution in [0.5, 0.6) is 5.75 Å². The van der Waals surface area contributed by atoms with E-state index in [0.29, 0.717) is 29.6 Å². The highest BCUT2D eigenvalue weighted by molar-refractivity contribution is 7.91. The van der Waals surface area contributed by atoms with Gasteiger partial charge in [-0.2, -0.15) is 0 Å². The highest BCUT2D eigenvalue weighted by Gasteiger charge is 2.28. The van der Waals surface area contributed by atoms with Gasteiger partial charge in [-0.15, -0.1) is 0 Å². The number of carbonyl (C=O) groups excluding carboxylic acids is 1. The second kappa shape index (κ2) is 8.94. The summed E-state index contributed by atoms with van der Waals surface area (Å²) in [4.78, 5) is 19.9. The maximum Gasteiger partial charge on any atom is 0.260 e. The van der Waals surface area contributed by atoms with Crippen LogP contribution in [-0.4, -0.2) is 51.4 Å². The minimum Gasteiger partial charge on any atom is -0.497 e. The zero-order valence-electron chi connectivity index (χ0n) is 17.4. The normalized spacial score (nSPS) is 16.5. The molecule has 1 aliphatic rings. The number of sulfone groups is 1. The third kappa shape index (κ3) is 4.58. The van der Waals surface area contributed by atoms with Crippen LogP contribution in [0.3, 0.4) is 0 Å². The molecule has 2 heterocycles. The van der Waals surface area contributed by atoms with Crippen LogP contribution < -0.4 is 9.64 Å². The summed E-state index contributed by atoms with van der Waals surface area (Å²) in [5.74, 6) is 0.373. The van der Waals surface area contributed by atoms with Crippen molar-refractivity contribution in [2.75, 3.05) is 30.9 Å². The molecule has 1 fully saturated rings. The lowest BCUT2D eigenvalue weighted by molar-refractivity contribution is 0.0917. The first kappa shape index (κ1) is 21.7. The van der Waals surface area contributed by atoms with Crippen LogP contribution in [0, 0.1) is 0 Å². The average molecular weight is 461 g/mol. The maximum absolute atomic E-state index is 13.5. The van der Waals surface area contributed by atoms with Crippen molar-refractivity contribution < 1.29 is 22.7 Å². The van der Waals surface area contributed by atoms with E-state index in [1.807, 2.05) is 18.2 Å². The number of hydrogen-bond donors (Lipinski definition) is 0. The van der Waals surface area contributed by atoms with E-state index in [9.17, 15) is 13.2 Å². The van der Waals surface area contributed by atoms with Gasteiger partial charge in [0.25, 0.3) is 5.91 Å². The van der Waals surface area contributed by atoms with E-state index in [2.05, 4.69) is 4.98 Å². The first-order valence-corrected chi connectivity index (χ1v) is 12.6. The molecule has 9 heteroatoms. The van der Waals surface area contributed by atoms with E-state index in [1.54, 1.807) is 31.1 Å². The number of aromatic nitrogens is 1. The van der Waals surface area contributed by atoms with Crippen LogP contribution in [0.25, 0.3) is 10.2 Å². The number of methoxy groups -OCH3 is 1.